The summed E-state index contributed by atoms with van der Waals surface area (Å²) in [4.78, 5) is 15.4. The Balaban J connectivity index is 1.72. The first-order valence-corrected chi connectivity index (χ1v) is 9.27. The van der Waals surface area contributed by atoms with Crippen LogP contribution in [0.25, 0.3) is 19.5 Å². The van der Waals surface area contributed by atoms with E-state index in [-0.39, 0.29) is 5.91 Å². The van der Waals surface area contributed by atoms with Crippen molar-refractivity contribution in [2.24, 2.45) is 0 Å². The Hall–Kier alpha value is -1.43. The van der Waals surface area contributed by atoms with Crippen molar-refractivity contribution >= 4 is 48.1 Å². The maximum atomic E-state index is 12.3. The lowest BCUT2D eigenvalue weighted by atomic mass is 10.2. The fraction of sp³-hybridized carbons (Fsp3) is 0.353. The second kappa shape index (κ2) is 6.77. The number of likely N-dealkylation sites (N-methyl/N-ethyl adjacent to an activating group) is 1. The van der Waals surface area contributed by atoms with Crippen LogP contribution >= 0.6 is 22.7 Å². The number of thiophene rings is 2. The zero-order chi connectivity index (χ0) is 15.5. The number of carbonyl (C=O) groups excluding carboxylic acids is 1. The average Bonchev–Trinajstić information content (AvgIpc) is 3.09. The Labute approximate surface area is 138 Å². The van der Waals surface area contributed by atoms with Crippen LogP contribution in [0.5, 0.6) is 0 Å². The van der Waals surface area contributed by atoms with Crippen molar-refractivity contribution in [1.29, 1.82) is 0 Å². The summed E-state index contributed by atoms with van der Waals surface area (Å²) in [7, 11) is 0. The van der Waals surface area contributed by atoms with E-state index >= 15 is 0 Å². The maximum absolute atomic E-state index is 12.3. The number of nitrogens with zero attached hydrogens (tertiary/aromatic N) is 1. The van der Waals surface area contributed by atoms with E-state index in [1.165, 1.54) is 19.5 Å². The zero-order valence-corrected chi connectivity index (χ0v) is 14.5. The highest BCUT2D eigenvalue weighted by atomic mass is 32.1. The van der Waals surface area contributed by atoms with Gasteiger partial charge in [-0.1, -0.05) is 32.0 Å². The summed E-state index contributed by atoms with van der Waals surface area (Å²) in [6.45, 7) is 7.93. The van der Waals surface area contributed by atoms with Crippen LogP contribution in [0.2, 0.25) is 0 Å². The molecule has 2 aromatic heterocycles. The normalized spacial score (nSPS) is 11.6. The number of rotatable bonds is 6. The molecule has 0 saturated carbocycles. The fourth-order valence-corrected chi connectivity index (χ4v) is 5.01. The lowest BCUT2D eigenvalue weighted by Gasteiger charge is -2.17. The minimum atomic E-state index is 0.0460. The maximum Gasteiger partial charge on any atom is 0.261 e. The first-order chi connectivity index (χ1) is 10.7. The highest BCUT2D eigenvalue weighted by molar-refractivity contribution is 7.33. The molecule has 0 saturated heterocycles. The molecule has 0 spiro atoms. The number of nitrogens with one attached hydrogen (secondary N) is 1. The lowest BCUT2D eigenvalue weighted by molar-refractivity contribution is 0.0953. The first kappa shape index (κ1) is 15.5. The van der Waals surface area contributed by atoms with E-state index in [2.05, 4.69) is 48.3 Å². The van der Waals surface area contributed by atoms with Crippen molar-refractivity contribution in [3.63, 3.8) is 0 Å². The molecular formula is C17H20N2OS2. The topological polar surface area (TPSA) is 32.3 Å². The Morgan fingerprint density at radius 3 is 2.68 bits per heavy atom. The van der Waals surface area contributed by atoms with Gasteiger partial charge in [-0.05, 0) is 25.2 Å². The minimum absolute atomic E-state index is 0.0460. The fourth-order valence-electron chi connectivity index (χ4n) is 2.57. The third-order valence-electron chi connectivity index (χ3n) is 3.88. The van der Waals surface area contributed by atoms with Crippen LogP contribution < -0.4 is 5.32 Å². The van der Waals surface area contributed by atoms with Crippen LogP contribution in [0.1, 0.15) is 23.5 Å². The van der Waals surface area contributed by atoms with Gasteiger partial charge >= 0.3 is 0 Å². The SMILES string of the molecule is CCN(CC)CCNC(=O)c1cc2sc3ccccc3c2s1. The first-order valence-electron chi connectivity index (χ1n) is 7.64. The molecule has 1 aromatic carbocycles. The van der Waals surface area contributed by atoms with Crippen molar-refractivity contribution in [3.05, 3.63) is 35.2 Å². The summed E-state index contributed by atoms with van der Waals surface area (Å²) in [6, 6.07) is 10.4. The second-order valence-electron chi connectivity index (χ2n) is 5.19. The van der Waals surface area contributed by atoms with Gasteiger partial charge in [0.15, 0.2) is 0 Å². The Kier molecular flexibility index (Phi) is 4.76. The molecule has 0 atom stereocenters. The molecule has 3 rings (SSSR count). The Morgan fingerprint density at radius 2 is 1.91 bits per heavy atom. The van der Waals surface area contributed by atoms with E-state index in [9.17, 15) is 4.79 Å². The summed E-state index contributed by atoms with van der Waals surface area (Å²) in [5.41, 5.74) is 0. The Morgan fingerprint density at radius 1 is 1.14 bits per heavy atom. The molecule has 0 radical (unpaired) electrons. The van der Waals surface area contributed by atoms with Crippen molar-refractivity contribution in [3.8, 4) is 0 Å². The van der Waals surface area contributed by atoms with E-state index in [4.69, 9.17) is 0 Å². The van der Waals surface area contributed by atoms with Gasteiger partial charge in [-0.3, -0.25) is 4.79 Å². The number of carbonyl (C=O) groups is 1. The van der Waals surface area contributed by atoms with E-state index in [0.29, 0.717) is 6.54 Å². The molecule has 1 N–H and O–H groups in total. The van der Waals surface area contributed by atoms with Crippen LogP contribution in [0, 0.1) is 0 Å². The molecule has 0 aliphatic rings. The molecule has 3 nitrogen and oxygen atoms in total. The van der Waals surface area contributed by atoms with Crippen LogP contribution in [0.3, 0.4) is 0 Å². The van der Waals surface area contributed by atoms with Gasteiger partial charge in [0, 0.05) is 27.9 Å². The van der Waals surface area contributed by atoms with Crippen molar-refractivity contribution in [1.82, 2.24) is 10.2 Å². The third-order valence-corrected chi connectivity index (χ3v) is 6.30. The second-order valence-corrected chi connectivity index (χ2v) is 7.32. The van der Waals surface area contributed by atoms with Gasteiger partial charge < -0.3 is 10.2 Å². The molecule has 3 aromatic rings. The molecule has 0 aliphatic carbocycles. The standard InChI is InChI=1S/C17H20N2OS2/c1-3-19(4-2)10-9-18-17(20)15-11-14-16(22-15)12-7-5-6-8-13(12)21-14/h5-8,11H,3-4,9-10H2,1-2H3,(H,18,20). The predicted octanol–water partition coefficient (Wildman–Crippen LogP) is 4.19. The number of hydrogen-bond donors (Lipinski definition) is 1. The van der Waals surface area contributed by atoms with Gasteiger partial charge in [0.2, 0.25) is 0 Å². The summed E-state index contributed by atoms with van der Waals surface area (Å²) in [5.74, 6) is 0.0460. The van der Waals surface area contributed by atoms with Crippen molar-refractivity contribution < 1.29 is 4.79 Å². The van der Waals surface area contributed by atoms with Gasteiger partial charge in [-0.2, -0.15) is 0 Å². The van der Waals surface area contributed by atoms with E-state index < -0.39 is 0 Å². The van der Waals surface area contributed by atoms with Crippen molar-refractivity contribution in [2.45, 2.75) is 13.8 Å². The van der Waals surface area contributed by atoms with Crippen LogP contribution in [0.4, 0.5) is 0 Å². The molecule has 0 unspecified atom stereocenters. The summed E-state index contributed by atoms with van der Waals surface area (Å²) in [5, 5.41) is 4.29. The van der Waals surface area contributed by atoms with Crippen LogP contribution in [-0.2, 0) is 0 Å². The highest BCUT2D eigenvalue weighted by Gasteiger charge is 2.14. The van der Waals surface area contributed by atoms with Gasteiger partial charge in [0.25, 0.3) is 5.91 Å². The number of hydrogen-bond acceptors (Lipinski definition) is 4. The summed E-state index contributed by atoms with van der Waals surface area (Å²) >= 11 is 3.35. The van der Waals surface area contributed by atoms with E-state index in [0.717, 1.165) is 24.5 Å². The predicted molar refractivity (Wildman–Crippen MR) is 97.3 cm³/mol. The number of amides is 1. The molecule has 5 heteroatoms. The monoisotopic (exact) mass is 332 g/mol. The summed E-state index contributed by atoms with van der Waals surface area (Å²) in [6.07, 6.45) is 0. The molecule has 0 aliphatic heterocycles. The van der Waals surface area contributed by atoms with Crippen molar-refractivity contribution in [2.75, 3.05) is 26.2 Å². The summed E-state index contributed by atoms with van der Waals surface area (Å²) < 4.78 is 3.73. The average molecular weight is 332 g/mol. The highest BCUT2D eigenvalue weighted by Crippen LogP contribution is 2.39. The third kappa shape index (κ3) is 3.02. The molecular weight excluding hydrogens is 312 g/mol. The quantitative estimate of drug-likeness (QED) is 0.734. The van der Waals surface area contributed by atoms with Gasteiger partial charge in [-0.25, -0.2) is 0 Å². The largest absolute Gasteiger partial charge is 0.350 e. The molecule has 0 bridgehead atoms. The number of benzene rings is 1. The molecule has 2 heterocycles. The molecule has 1 amide bonds. The van der Waals surface area contributed by atoms with Gasteiger partial charge in [0.1, 0.15) is 0 Å². The lowest BCUT2D eigenvalue weighted by Crippen LogP contribution is -2.34. The Bertz CT molecular complexity index is 786. The molecule has 22 heavy (non-hydrogen) atoms. The zero-order valence-electron chi connectivity index (χ0n) is 12.9. The van der Waals surface area contributed by atoms with Gasteiger partial charge in [0.05, 0.1) is 9.58 Å². The van der Waals surface area contributed by atoms with E-state index in [1.54, 1.807) is 22.7 Å². The molecule has 0 fully saturated rings. The van der Waals surface area contributed by atoms with Crippen LogP contribution in [-0.4, -0.2) is 37.0 Å². The van der Waals surface area contributed by atoms with E-state index in [1.807, 2.05) is 6.07 Å². The minimum Gasteiger partial charge on any atom is -0.350 e. The van der Waals surface area contributed by atoms with Crippen LogP contribution in [0.15, 0.2) is 30.3 Å². The smallest absolute Gasteiger partial charge is 0.261 e. The molecule has 116 valence electrons. The van der Waals surface area contributed by atoms with Gasteiger partial charge in [-0.15, -0.1) is 22.7 Å². The number of fused-ring (bicyclic) bond motifs is 3.